The highest BCUT2D eigenvalue weighted by molar-refractivity contribution is 5.94. The van der Waals surface area contributed by atoms with Gasteiger partial charge in [-0.15, -0.1) is 0 Å². The number of aryl methyl sites for hydroxylation is 2. The quantitative estimate of drug-likeness (QED) is 0.926. The molecule has 2 aliphatic rings. The lowest BCUT2D eigenvalue weighted by molar-refractivity contribution is -0.129. The fourth-order valence-corrected chi connectivity index (χ4v) is 3.82. The first-order valence-electron chi connectivity index (χ1n) is 8.56. The van der Waals surface area contributed by atoms with Gasteiger partial charge in [0.15, 0.2) is 0 Å². The summed E-state index contributed by atoms with van der Waals surface area (Å²) >= 11 is 0. The van der Waals surface area contributed by atoms with Crippen LogP contribution in [0.3, 0.4) is 0 Å². The summed E-state index contributed by atoms with van der Waals surface area (Å²) < 4.78 is 0. The first kappa shape index (κ1) is 16.0. The standard InChI is InChI=1S/C18H25N3O2/c1-12-7-15(8-13(2)20-12)18(23)19-10-14-9-17(22)21(11-14)16-5-3-4-6-16/h7-8,14,16H,3-6,9-11H2,1-2H3,(H,19,23). The molecule has 5 nitrogen and oxygen atoms in total. The summed E-state index contributed by atoms with van der Waals surface area (Å²) in [7, 11) is 0. The molecule has 1 N–H and O–H groups in total. The molecule has 2 amide bonds. The largest absolute Gasteiger partial charge is 0.352 e. The smallest absolute Gasteiger partial charge is 0.251 e. The Balaban J connectivity index is 1.54. The summed E-state index contributed by atoms with van der Waals surface area (Å²) in [5.41, 5.74) is 2.34. The molecule has 3 rings (SSSR count). The van der Waals surface area contributed by atoms with Crippen LogP contribution in [0.5, 0.6) is 0 Å². The van der Waals surface area contributed by atoms with Crippen molar-refractivity contribution in [3.63, 3.8) is 0 Å². The number of pyridine rings is 1. The van der Waals surface area contributed by atoms with Gasteiger partial charge in [-0.2, -0.15) is 0 Å². The van der Waals surface area contributed by atoms with Crippen LogP contribution in [-0.4, -0.2) is 40.8 Å². The summed E-state index contributed by atoms with van der Waals surface area (Å²) in [6.07, 6.45) is 5.30. The Kier molecular flexibility index (Phi) is 4.64. The van der Waals surface area contributed by atoms with Crippen LogP contribution in [0.15, 0.2) is 12.1 Å². The molecule has 1 saturated heterocycles. The molecule has 1 aliphatic carbocycles. The van der Waals surface area contributed by atoms with Gasteiger partial charge in [0.25, 0.3) is 5.91 Å². The van der Waals surface area contributed by atoms with Crippen LogP contribution >= 0.6 is 0 Å². The Morgan fingerprint density at radius 3 is 2.57 bits per heavy atom. The maximum atomic E-state index is 12.3. The van der Waals surface area contributed by atoms with Crippen LogP contribution in [0.25, 0.3) is 0 Å². The molecular weight excluding hydrogens is 290 g/mol. The van der Waals surface area contributed by atoms with E-state index in [0.717, 1.165) is 30.8 Å². The summed E-state index contributed by atoms with van der Waals surface area (Å²) in [6.45, 7) is 5.13. The van der Waals surface area contributed by atoms with Crippen molar-refractivity contribution in [2.45, 2.75) is 52.0 Å². The zero-order valence-corrected chi connectivity index (χ0v) is 14.0. The molecule has 23 heavy (non-hydrogen) atoms. The van der Waals surface area contributed by atoms with Crippen LogP contribution in [0, 0.1) is 19.8 Å². The van der Waals surface area contributed by atoms with Crippen molar-refractivity contribution >= 4 is 11.8 Å². The Bertz CT molecular complexity index is 588. The highest BCUT2D eigenvalue weighted by Crippen LogP contribution is 2.29. The molecule has 2 fully saturated rings. The van der Waals surface area contributed by atoms with E-state index in [-0.39, 0.29) is 17.7 Å². The van der Waals surface area contributed by atoms with Crippen LogP contribution in [0.4, 0.5) is 0 Å². The third kappa shape index (κ3) is 3.71. The predicted molar refractivity (Wildman–Crippen MR) is 88.1 cm³/mol. The van der Waals surface area contributed by atoms with Gasteiger partial charge in [0, 0.05) is 48.4 Å². The Morgan fingerprint density at radius 2 is 1.91 bits per heavy atom. The van der Waals surface area contributed by atoms with Crippen molar-refractivity contribution in [2.24, 2.45) is 5.92 Å². The van der Waals surface area contributed by atoms with E-state index >= 15 is 0 Å². The first-order valence-corrected chi connectivity index (χ1v) is 8.56. The number of hydrogen-bond acceptors (Lipinski definition) is 3. The van der Waals surface area contributed by atoms with Crippen LogP contribution in [0.2, 0.25) is 0 Å². The van der Waals surface area contributed by atoms with E-state index in [1.165, 1.54) is 12.8 Å². The summed E-state index contributed by atoms with van der Waals surface area (Å²) in [5, 5.41) is 2.98. The summed E-state index contributed by atoms with van der Waals surface area (Å²) in [4.78, 5) is 30.8. The number of aromatic nitrogens is 1. The topological polar surface area (TPSA) is 62.3 Å². The van der Waals surface area contributed by atoms with Gasteiger partial charge in [0.1, 0.15) is 0 Å². The molecule has 0 radical (unpaired) electrons. The number of nitrogens with zero attached hydrogens (tertiary/aromatic N) is 2. The minimum atomic E-state index is -0.0784. The average molecular weight is 315 g/mol. The highest BCUT2D eigenvalue weighted by atomic mass is 16.2. The molecule has 1 aromatic rings. The van der Waals surface area contributed by atoms with Gasteiger partial charge in [-0.3, -0.25) is 14.6 Å². The maximum Gasteiger partial charge on any atom is 0.251 e. The molecule has 1 saturated carbocycles. The van der Waals surface area contributed by atoms with E-state index in [2.05, 4.69) is 10.3 Å². The zero-order valence-electron chi connectivity index (χ0n) is 14.0. The summed E-state index contributed by atoms with van der Waals surface area (Å²) in [6, 6.07) is 4.04. The van der Waals surface area contributed by atoms with Crippen LogP contribution in [0.1, 0.15) is 53.8 Å². The number of rotatable bonds is 4. The molecule has 1 aliphatic heterocycles. The third-order valence-electron chi connectivity index (χ3n) is 4.90. The highest BCUT2D eigenvalue weighted by Gasteiger charge is 2.35. The number of likely N-dealkylation sites (tertiary alicyclic amines) is 1. The first-order chi connectivity index (χ1) is 11.0. The van der Waals surface area contributed by atoms with Crippen molar-refractivity contribution < 1.29 is 9.59 Å². The van der Waals surface area contributed by atoms with Crippen LogP contribution in [-0.2, 0) is 4.79 Å². The van der Waals surface area contributed by atoms with Gasteiger partial charge in [0.05, 0.1) is 0 Å². The second-order valence-corrected chi connectivity index (χ2v) is 6.90. The lowest BCUT2D eigenvalue weighted by Crippen LogP contribution is -2.36. The summed E-state index contributed by atoms with van der Waals surface area (Å²) in [5.74, 6) is 0.410. The van der Waals surface area contributed by atoms with E-state index in [1.54, 1.807) is 12.1 Å². The number of amides is 2. The van der Waals surface area contributed by atoms with Gasteiger partial charge in [-0.25, -0.2) is 0 Å². The molecule has 0 bridgehead atoms. The van der Waals surface area contributed by atoms with E-state index in [4.69, 9.17) is 0 Å². The van der Waals surface area contributed by atoms with E-state index in [9.17, 15) is 9.59 Å². The van der Waals surface area contributed by atoms with Crippen molar-refractivity contribution in [2.75, 3.05) is 13.1 Å². The number of nitrogens with one attached hydrogen (secondary N) is 1. The SMILES string of the molecule is Cc1cc(C(=O)NCC2CC(=O)N(C3CCCC3)C2)cc(C)n1. The molecule has 0 spiro atoms. The van der Waals surface area contributed by atoms with Crippen molar-refractivity contribution in [3.05, 3.63) is 29.1 Å². The van der Waals surface area contributed by atoms with Gasteiger partial charge >= 0.3 is 0 Å². The van der Waals surface area contributed by atoms with E-state index in [0.29, 0.717) is 24.6 Å². The number of carbonyl (C=O) groups excluding carboxylic acids is 2. The van der Waals surface area contributed by atoms with E-state index in [1.807, 2.05) is 18.7 Å². The zero-order chi connectivity index (χ0) is 16.4. The predicted octanol–water partition coefficient (Wildman–Crippen LogP) is 2.22. The fourth-order valence-electron chi connectivity index (χ4n) is 3.82. The van der Waals surface area contributed by atoms with Gasteiger partial charge in [-0.1, -0.05) is 12.8 Å². The van der Waals surface area contributed by atoms with Gasteiger partial charge in [-0.05, 0) is 38.8 Å². The Hall–Kier alpha value is -1.91. The molecule has 0 aromatic carbocycles. The maximum absolute atomic E-state index is 12.3. The molecule has 1 unspecified atom stereocenters. The fraction of sp³-hybridized carbons (Fsp3) is 0.611. The lowest BCUT2D eigenvalue weighted by Gasteiger charge is -2.24. The lowest BCUT2D eigenvalue weighted by atomic mass is 10.1. The molecule has 1 aromatic heterocycles. The van der Waals surface area contributed by atoms with Crippen molar-refractivity contribution in [1.82, 2.24) is 15.2 Å². The number of hydrogen-bond donors (Lipinski definition) is 1. The third-order valence-corrected chi connectivity index (χ3v) is 4.90. The molecule has 2 heterocycles. The van der Waals surface area contributed by atoms with Gasteiger partial charge < -0.3 is 10.2 Å². The normalized spacial score (nSPS) is 21.9. The number of carbonyl (C=O) groups is 2. The Labute approximate surface area is 137 Å². The van der Waals surface area contributed by atoms with Crippen molar-refractivity contribution in [1.29, 1.82) is 0 Å². The van der Waals surface area contributed by atoms with Crippen LogP contribution < -0.4 is 5.32 Å². The minimum absolute atomic E-state index is 0.0784. The molecular formula is C18H25N3O2. The molecule has 124 valence electrons. The molecule has 1 atom stereocenters. The monoisotopic (exact) mass is 315 g/mol. The minimum Gasteiger partial charge on any atom is -0.352 e. The van der Waals surface area contributed by atoms with E-state index < -0.39 is 0 Å². The van der Waals surface area contributed by atoms with Crippen molar-refractivity contribution in [3.8, 4) is 0 Å². The van der Waals surface area contributed by atoms with Gasteiger partial charge in [0.2, 0.25) is 5.91 Å². The second-order valence-electron chi connectivity index (χ2n) is 6.90. The molecule has 5 heteroatoms. The Morgan fingerprint density at radius 1 is 1.26 bits per heavy atom. The average Bonchev–Trinajstić information content (AvgIpc) is 3.12. The second kappa shape index (κ2) is 6.69.